The summed E-state index contributed by atoms with van der Waals surface area (Å²) in [5.41, 5.74) is 1.17. The second-order valence-corrected chi connectivity index (χ2v) is 4.03. The quantitative estimate of drug-likeness (QED) is 0.525. The summed E-state index contributed by atoms with van der Waals surface area (Å²) in [7, 11) is 0. The van der Waals surface area contributed by atoms with Crippen LogP contribution < -0.4 is 10.6 Å². The van der Waals surface area contributed by atoms with E-state index in [1.165, 1.54) is 13.0 Å². The van der Waals surface area contributed by atoms with Gasteiger partial charge in [0.1, 0.15) is 0 Å². The molecule has 0 unspecified atom stereocenters. The van der Waals surface area contributed by atoms with Gasteiger partial charge in [-0.1, -0.05) is 12.1 Å². The number of carboxylic acids is 1. The first-order valence-electron chi connectivity index (χ1n) is 6.03. The van der Waals surface area contributed by atoms with Crippen LogP contribution in [0.5, 0.6) is 0 Å². The van der Waals surface area contributed by atoms with Crippen molar-refractivity contribution in [1.82, 2.24) is 10.6 Å². The molecule has 0 aromatic heterocycles. The minimum atomic E-state index is -1.02. The van der Waals surface area contributed by atoms with Crippen LogP contribution in [-0.2, 0) is 9.59 Å². The van der Waals surface area contributed by atoms with Gasteiger partial charge in [-0.2, -0.15) is 0 Å². The van der Waals surface area contributed by atoms with E-state index in [1.807, 2.05) is 0 Å². The normalized spacial score (nSPS) is 10.2. The van der Waals surface area contributed by atoms with Gasteiger partial charge < -0.3 is 15.7 Å². The van der Waals surface area contributed by atoms with Crippen molar-refractivity contribution in [3.8, 4) is 0 Å². The van der Waals surface area contributed by atoms with Crippen molar-refractivity contribution in [1.29, 1.82) is 0 Å². The Morgan fingerprint density at radius 2 is 1.70 bits per heavy atom. The van der Waals surface area contributed by atoms with Gasteiger partial charge in [-0.05, 0) is 23.8 Å². The summed E-state index contributed by atoms with van der Waals surface area (Å²) in [5, 5.41) is 13.7. The minimum Gasteiger partial charge on any atom is -0.478 e. The molecule has 0 radical (unpaired) electrons. The number of aliphatic carboxylic acids is 1. The van der Waals surface area contributed by atoms with Gasteiger partial charge in [-0.25, -0.2) is 4.79 Å². The lowest BCUT2D eigenvalue weighted by Crippen LogP contribution is -2.33. The second-order valence-electron chi connectivity index (χ2n) is 4.03. The number of rotatable bonds is 6. The van der Waals surface area contributed by atoms with Crippen LogP contribution in [0.1, 0.15) is 22.8 Å². The van der Waals surface area contributed by atoms with Crippen LogP contribution in [-0.4, -0.2) is 36.0 Å². The van der Waals surface area contributed by atoms with Crippen molar-refractivity contribution in [2.45, 2.75) is 6.92 Å². The lowest BCUT2D eigenvalue weighted by atomic mass is 10.1. The number of carbonyl (C=O) groups excluding carboxylic acids is 2. The Morgan fingerprint density at radius 3 is 2.25 bits per heavy atom. The summed E-state index contributed by atoms with van der Waals surface area (Å²) in [6.45, 7) is 2.13. The van der Waals surface area contributed by atoms with Crippen molar-refractivity contribution in [2.24, 2.45) is 0 Å². The van der Waals surface area contributed by atoms with Gasteiger partial charge in [0.15, 0.2) is 0 Å². The molecule has 1 aromatic carbocycles. The van der Waals surface area contributed by atoms with E-state index in [1.54, 1.807) is 24.3 Å². The lowest BCUT2D eigenvalue weighted by Gasteiger charge is -2.05. The van der Waals surface area contributed by atoms with Crippen molar-refractivity contribution < 1.29 is 19.5 Å². The van der Waals surface area contributed by atoms with Crippen molar-refractivity contribution in [2.75, 3.05) is 13.1 Å². The molecule has 20 heavy (non-hydrogen) atoms. The first-order chi connectivity index (χ1) is 9.49. The molecular formula is C14H16N2O4. The van der Waals surface area contributed by atoms with Crippen molar-refractivity contribution >= 4 is 23.9 Å². The maximum Gasteiger partial charge on any atom is 0.328 e. The van der Waals surface area contributed by atoms with E-state index >= 15 is 0 Å². The number of carboxylic acid groups (broad SMARTS) is 1. The molecule has 2 amide bonds. The molecule has 1 aromatic rings. The predicted molar refractivity (Wildman–Crippen MR) is 74.1 cm³/mol. The molecule has 0 heterocycles. The summed E-state index contributed by atoms with van der Waals surface area (Å²) >= 11 is 0. The third kappa shape index (κ3) is 5.81. The molecule has 6 heteroatoms. The summed E-state index contributed by atoms with van der Waals surface area (Å²) in [6.07, 6.45) is 2.48. The zero-order valence-electron chi connectivity index (χ0n) is 11.1. The first-order valence-corrected chi connectivity index (χ1v) is 6.03. The van der Waals surface area contributed by atoms with Gasteiger partial charge in [-0.3, -0.25) is 9.59 Å². The molecule has 1 rings (SSSR count). The highest BCUT2D eigenvalue weighted by molar-refractivity contribution is 5.94. The first kappa shape index (κ1) is 15.4. The molecule has 0 aliphatic carbocycles. The number of hydrogen-bond acceptors (Lipinski definition) is 3. The molecule has 0 saturated carbocycles. The van der Waals surface area contributed by atoms with E-state index in [-0.39, 0.29) is 11.8 Å². The molecular weight excluding hydrogens is 260 g/mol. The van der Waals surface area contributed by atoms with Crippen LogP contribution in [0, 0.1) is 0 Å². The topological polar surface area (TPSA) is 95.5 Å². The third-order valence-electron chi connectivity index (χ3n) is 2.38. The van der Waals surface area contributed by atoms with Gasteiger partial charge in [0.25, 0.3) is 5.91 Å². The molecule has 0 saturated heterocycles. The number of benzene rings is 1. The molecule has 0 spiro atoms. The molecule has 6 nitrogen and oxygen atoms in total. The minimum absolute atomic E-state index is 0.145. The fourth-order valence-corrected chi connectivity index (χ4v) is 1.43. The van der Waals surface area contributed by atoms with Crippen LogP contribution in [0.2, 0.25) is 0 Å². The molecule has 0 aliphatic rings. The monoisotopic (exact) mass is 276 g/mol. The summed E-state index contributed by atoms with van der Waals surface area (Å²) in [6, 6.07) is 6.52. The third-order valence-corrected chi connectivity index (χ3v) is 2.38. The average molecular weight is 276 g/mol. The zero-order chi connectivity index (χ0) is 15.0. The Hall–Kier alpha value is -2.63. The van der Waals surface area contributed by atoms with Gasteiger partial charge in [0.2, 0.25) is 5.91 Å². The predicted octanol–water partition coefficient (Wildman–Crippen LogP) is 0.650. The summed E-state index contributed by atoms with van der Waals surface area (Å²) in [5.74, 6) is -1.41. The van der Waals surface area contributed by atoms with Crippen molar-refractivity contribution in [3.63, 3.8) is 0 Å². The van der Waals surface area contributed by atoms with Gasteiger partial charge >= 0.3 is 5.97 Å². The van der Waals surface area contributed by atoms with Crippen LogP contribution in [0.3, 0.4) is 0 Å². The molecule has 0 bridgehead atoms. The Balaban J connectivity index is 2.49. The largest absolute Gasteiger partial charge is 0.478 e. The van der Waals surface area contributed by atoms with E-state index < -0.39 is 5.97 Å². The molecule has 106 valence electrons. The summed E-state index contributed by atoms with van der Waals surface area (Å²) < 4.78 is 0. The van der Waals surface area contributed by atoms with Gasteiger partial charge in [-0.15, -0.1) is 0 Å². The van der Waals surface area contributed by atoms with E-state index in [0.717, 1.165) is 6.08 Å². The van der Waals surface area contributed by atoms with Crippen LogP contribution in [0.4, 0.5) is 0 Å². The van der Waals surface area contributed by atoms with Gasteiger partial charge in [0.05, 0.1) is 0 Å². The fourth-order valence-electron chi connectivity index (χ4n) is 1.43. The van der Waals surface area contributed by atoms with E-state index in [9.17, 15) is 14.4 Å². The molecule has 0 atom stereocenters. The number of hydrogen-bond donors (Lipinski definition) is 3. The van der Waals surface area contributed by atoms with E-state index in [2.05, 4.69) is 10.6 Å². The van der Waals surface area contributed by atoms with Crippen molar-refractivity contribution in [3.05, 3.63) is 41.5 Å². The van der Waals surface area contributed by atoms with E-state index in [4.69, 9.17) is 5.11 Å². The highest BCUT2D eigenvalue weighted by Crippen LogP contribution is 2.06. The lowest BCUT2D eigenvalue weighted by molar-refractivity contribution is -0.131. The zero-order valence-corrected chi connectivity index (χ0v) is 11.1. The molecule has 3 N–H and O–H groups in total. The maximum atomic E-state index is 11.7. The van der Waals surface area contributed by atoms with Crippen LogP contribution >= 0.6 is 0 Å². The van der Waals surface area contributed by atoms with Gasteiger partial charge in [0, 0.05) is 31.7 Å². The smallest absolute Gasteiger partial charge is 0.328 e. The number of carbonyl (C=O) groups is 3. The number of amides is 2. The summed E-state index contributed by atoms with van der Waals surface area (Å²) in [4.78, 5) is 32.7. The highest BCUT2D eigenvalue weighted by atomic mass is 16.4. The second kappa shape index (κ2) is 7.73. The Bertz CT molecular complexity index is 520. The number of nitrogens with one attached hydrogen (secondary N) is 2. The Labute approximate surface area is 116 Å². The Morgan fingerprint density at radius 1 is 1.10 bits per heavy atom. The standard InChI is InChI=1S/C14H16N2O4/c1-10(17)15-8-9-16-14(20)12-5-2-11(3-6-12)4-7-13(18)19/h2-7H,8-9H2,1H3,(H,15,17)(H,16,20)(H,18,19). The SMILES string of the molecule is CC(=O)NCCNC(=O)c1ccc(C=CC(=O)O)cc1. The molecule has 0 fully saturated rings. The maximum absolute atomic E-state index is 11.7. The van der Waals surface area contributed by atoms with Crippen LogP contribution in [0.15, 0.2) is 30.3 Å². The Kier molecular flexibility index (Phi) is 5.96. The molecule has 0 aliphatic heterocycles. The van der Waals surface area contributed by atoms with Crippen LogP contribution in [0.25, 0.3) is 6.08 Å². The average Bonchev–Trinajstić information content (AvgIpc) is 2.41. The van der Waals surface area contributed by atoms with E-state index in [0.29, 0.717) is 24.2 Å². The fraction of sp³-hybridized carbons (Fsp3) is 0.214. The highest BCUT2D eigenvalue weighted by Gasteiger charge is 2.04.